The van der Waals surface area contributed by atoms with E-state index >= 15 is 0 Å². The van der Waals surface area contributed by atoms with Crippen molar-refractivity contribution in [2.24, 2.45) is 0 Å². The Balaban J connectivity index is 3.20. The van der Waals surface area contributed by atoms with E-state index in [1.54, 1.807) is 12.1 Å². The van der Waals surface area contributed by atoms with Crippen LogP contribution in [-0.2, 0) is 0 Å². The first-order valence-electron chi connectivity index (χ1n) is 2.56. The number of pyridine rings is 1. The van der Waals surface area contributed by atoms with Gasteiger partial charge in [0.2, 0.25) is 0 Å². The summed E-state index contributed by atoms with van der Waals surface area (Å²) in [5.74, 6) is 0.346. The molecule has 0 saturated heterocycles. The van der Waals surface area contributed by atoms with Crippen molar-refractivity contribution in [2.75, 3.05) is 5.73 Å². The standard InChI is InChI=1S/C6H4BrN3/c7-5-2-1-4(3-8)10-6(5)9/h1-2H,(H2,9,10). The molecule has 0 aliphatic rings. The molecule has 1 aromatic heterocycles. The van der Waals surface area contributed by atoms with Crippen molar-refractivity contribution in [2.45, 2.75) is 0 Å². The maximum Gasteiger partial charge on any atom is 0.142 e. The first kappa shape index (κ1) is 7.03. The summed E-state index contributed by atoms with van der Waals surface area (Å²) in [6.45, 7) is 0. The molecule has 1 aromatic rings. The van der Waals surface area contributed by atoms with Gasteiger partial charge in [0.15, 0.2) is 0 Å². The Bertz CT molecular complexity index is 290. The Hall–Kier alpha value is -1.08. The molecule has 50 valence electrons. The van der Waals surface area contributed by atoms with Gasteiger partial charge in [-0.05, 0) is 28.1 Å². The minimum Gasteiger partial charge on any atom is -0.383 e. The summed E-state index contributed by atoms with van der Waals surface area (Å²) in [5.41, 5.74) is 5.72. The molecule has 2 N–H and O–H groups in total. The molecule has 0 saturated carbocycles. The predicted octanol–water partition coefficient (Wildman–Crippen LogP) is 1.30. The van der Waals surface area contributed by atoms with E-state index < -0.39 is 0 Å². The van der Waals surface area contributed by atoms with E-state index in [-0.39, 0.29) is 0 Å². The lowest BCUT2D eigenvalue weighted by Crippen LogP contribution is -1.92. The lowest BCUT2D eigenvalue weighted by Gasteiger charge is -1.94. The lowest BCUT2D eigenvalue weighted by atomic mass is 10.4. The third kappa shape index (κ3) is 1.25. The normalized spacial score (nSPS) is 8.80. The van der Waals surface area contributed by atoms with Crippen LogP contribution < -0.4 is 5.73 Å². The molecule has 0 aliphatic carbocycles. The second-order valence-corrected chi connectivity index (χ2v) is 2.53. The number of hydrogen-bond acceptors (Lipinski definition) is 3. The van der Waals surface area contributed by atoms with Crippen LogP contribution in [0.2, 0.25) is 0 Å². The summed E-state index contributed by atoms with van der Waals surface area (Å²) >= 11 is 3.16. The fourth-order valence-corrected chi connectivity index (χ4v) is 0.741. The van der Waals surface area contributed by atoms with Crippen LogP contribution >= 0.6 is 15.9 Å². The molecule has 0 unspecified atom stereocenters. The molecule has 1 rings (SSSR count). The smallest absolute Gasteiger partial charge is 0.142 e. The summed E-state index contributed by atoms with van der Waals surface area (Å²) in [7, 11) is 0. The Morgan fingerprint density at radius 1 is 1.60 bits per heavy atom. The summed E-state index contributed by atoms with van der Waals surface area (Å²) < 4.78 is 0.714. The Labute approximate surface area is 66.6 Å². The lowest BCUT2D eigenvalue weighted by molar-refractivity contribution is 1.26. The Morgan fingerprint density at radius 2 is 2.30 bits per heavy atom. The molecule has 10 heavy (non-hydrogen) atoms. The zero-order valence-corrected chi connectivity index (χ0v) is 6.59. The van der Waals surface area contributed by atoms with Crippen molar-refractivity contribution in [3.63, 3.8) is 0 Å². The van der Waals surface area contributed by atoms with Gasteiger partial charge in [-0.15, -0.1) is 0 Å². The molecule has 0 aromatic carbocycles. The number of anilines is 1. The van der Waals surface area contributed by atoms with Crippen LogP contribution in [0.3, 0.4) is 0 Å². The molecule has 0 aliphatic heterocycles. The largest absolute Gasteiger partial charge is 0.383 e. The molecule has 0 spiro atoms. The number of nitrogen functional groups attached to an aromatic ring is 1. The van der Waals surface area contributed by atoms with Crippen LogP contribution in [0, 0.1) is 11.3 Å². The van der Waals surface area contributed by atoms with Gasteiger partial charge in [-0.1, -0.05) is 0 Å². The molecule has 0 radical (unpaired) electrons. The Morgan fingerprint density at radius 3 is 2.80 bits per heavy atom. The fourth-order valence-electron chi connectivity index (χ4n) is 0.520. The van der Waals surface area contributed by atoms with Crippen molar-refractivity contribution < 1.29 is 0 Å². The zero-order chi connectivity index (χ0) is 7.56. The highest BCUT2D eigenvalue weighted by molar-refractivity contribution is 9.10. The molecule has 4 heteroatoms. The maximum absolute atomic E-state index is 8.37. The van der Waals surface area contributed by atoms with Crippen molar-refractivity contribution in [1.82, 2.24) is 4.98 Å². The zero-order valence-electron chi connectivity index (χ0n) is 5.00. The van der Waals surface area contributed by atoms with Gasteiger partial charge in [-0.2, -0.15) is 5.26 Å². The third-order valence-electron chi connectivity index (χ3n) is 0.988. The van der Waals surface area contributed by atoms with Gasteiger partial charge in [0.05, 0.1) is 4.47 Å². The fraction of sp³-hybridized carbons (Fsp3) is 0. The van der Waals surface area contributed by atoms with Gasteiger partial charge in [0.25, 0.3) is 0 Å². The van der Waals surface area contributed by atoms with Gasteiger partial charge in [-0.25, -0.2) is 4.98 Å². The summed E-state index contributed by atoms with van der Waals surface area (Å²) in [6.07, 6.45) is 0. The van der Waals surface area contributed by atoms with Crippen LogP contribution in [-0.4, -0.2) is 4.98 Å². The van der Waals surface area contributed by atoms with E-state index in [0.29, 0.717) is 16.0 Å². The van der Waals surface area contributed by atoms with Crippen molar-refractivity contribution >= 4 is 21.7 Å². The summed E-state index contributed by atoms with van der Waals surface area (Å²) in [4.78, 5) is 3.76. The van der Waals surface area contributed by atoms with Gasteiger partial charge in [-0.3, -0.25) is 0 Å². The molecule has 0 atom stereocenters. The second kappa shape index (κ2) is 2.67. The van der Waals surface area contributed by atoms with Gasteiger partial charge in [0.1, 0.15) is 17.6 Å². The first-order chi connectivity index (χ1) is 4.74. The number of hydrogen-bond donors (Lipinski definition) is 1. The van der Waals surface area contributed by atoms with E-state index in [4.69, 9.17) is 11.0 Å². The average molecular weight is 198 g/mol. The number of nitriles is 1. The number of nitrogens with two attached hydrogens (primary N) is 1. The van der Waals surface area contributed by atoms with Crippen molar-refractivity contribution in [3.8, 4) is 6.07 Å². The van der Waals surface area contributed by atoms with E-state index in [1.807, 2.05) is 6.07 Å². The average Bonchev–Trinajstić information content (AvgIpc) is 1.95. The molecular weight excluding hydrogens is 194 g/mol. The number of rotatable bonds is 0. The summed E-state index contributed by atoms with van der Waals surface area (Å²) in [5, 5.41) is 8.37. The minimum atomic E-state index is 0.334. The molecule has 0 fully saturated rings. The molecule has 1 heterocycles. The van der Waals surface area contributed by atoms with Crippen LogP contribution in [0.4, 0.5) is 5.82 Å². The number of aromatic nitrogens is 1. The van der Waals surface area contributed by atoms with Crippen LogP contribution in [0.5, 0.6) is 0 Å². The quantitative estimate of drug-likeness (QED) is 0.683. The van der Waals surface area contributed by atoms with Gasteiger partial charge in [0, 0.05) is 0 Å². The second-order valence-electron chi connectivity index (χ2n) is 1.68. The van der Waals surface area contributed by atoms with Crippen molar-refractivity contribution in [1.29, 1.82) is 5.26 Å². The topological polar surface area (TPSA) is 62.7 Å². The third-order valence-corrected chi connectivity index (χ3v) is 1.66. The van der Waals surface area contributed by atoms with Gasteiger partial charge < -0.3 is 5.73 Å². The molecule has 0 bridgehead atoms. The highest BCUT2D eigenvalue weighted by Gasteiger charge is 1.96. The van der Waals surface area contributed by atoms with E-state index in [1.165, 1.54) is 0 Å². The highest BCUT2D eigenvalue weighted by atomic mass is 79.9. The predicted molar refractivity (Wildman–Crippen MR) is 41.1 cm³/mol. The highest BCUT2D eigenvalue weighted by Crippen LogP contribution is 2.15. The van der Waals surface area contributed by atoms with Crippen LogP contribution in [0.1, 0.15) is 5.69 Å². The van der Waals surface area contributed by atoms with E-state index in [2.05, 4.69) is 20.9 Å². The minimum absolute atomic E-state index is 0.334. The molecular formula is C6H4BrN3. The van der Waals surface area contributed by atoms with E-state index in [9.17, 15) is 0 Å². The molecule has 0 amide bonds. The maximum atomic E-state index is 8.37. The van der Waals surface area contributed by atoms with Crippen LogP contribution in [0.15, 0.2) is 16.6 Å². The first-order valence-corrected chi connectivity index (χ1v) is 3.35. The molecule has 3 nitrogen and oxygen atoms in total. The van der Waals surface area contributed by atoms with Gasteiger partial charge >= 0.3 is 0 Å². The Kier molecular flexibility index (Phi) is 1.88. The number of halogens is 1. The SMILES string of the molecule is N#Cc1ccc(Br)c(N)n1. The van der Waals surface area contributed by atoms with Crippen LogP contribution in [0.25, 0.3) is 0 Å². The number of nitrogens with zero attached hydrogens (tertiary/aromatic N) is 2. The monoisotopic (exact) mass is 197 g/mol. The van der Waals surface area contributed by atoms with Crippen molar-refractivity contribution in [3.05, 3.63) is 22.3 Å². The van der Waals surface area contributed by atoms with E-state index in [0.717, 1.165) is 0 Å². The summed E-state index contributed by atoms with van der Waals surface area (Å²) in [6, 6.07) is 5.18.